The van der Waals surface area contributed by atoms with Crippen LogP contribution in [-0.2, 0) is 9.59 Å². The first-order valence-electron chi connectivity index (χ1n) is 11.3. The fourth-order valence-corrected chi connectivity index (χ4v) is 4.81. The second kappa shape index (κ2) is 9.39. The predicted octanol–water partition coefficient (Wildman–Crippen LogP) is 4.95. The molecule has 1 amide bonds. The van der Waals surface area contributed by atoms with Crippen molar-refractivity contribution in [3.8, 4) is 5.75 Å². The Hall–Kier alpha value is -4.30. The second-order valence-corrected chi connectivity index (χ2v) is 9.33. The molecular formula is C28H23N3O4S. The number of hydrogen-bond donors (Lipinski definition) is 3. The number of carbonyl (C=O) groups excluding carboxylic acids is 1. The van der Waals surface area contributed by atoms with Crippen LogP contribution >= 0.6 is 11.8 Å². The van der Waals surface area contributed by atoms with Crippen LogP contribution in [0, 0.1) is 0 Å². The van der Waals surface area contributed by atoms with Crippen molar-refractivity contribution in [1.82, 2.24) is 5.43 Å². The first-order valence-corrected chi connectivity index (χ1v) is 12.5. The Balaban J connectivity index is 1.49. The molecule has 0 spiro atoms. The van der Waals surface area contributed by atoms with Gasteiger partial charge in [-0.25, -0.2) is 4.79 Å². The van der Waals surface area contributed by atoms with Gasteiger partial charge in [-0.1, -0.05) is 48.6 Å². The number of benzene rings is 3. The van der Waals surface area contributed by atoms with E-state index in [0.717, 1.165) is 4.90 Å². The van der Waals surface area contributed by atoms with Crippen LogP contribution in [0.15, 0.2) is 101 Å². The molecule has 8 heteroatoms. The number of nitrogens with one attached hydrogen (secondary N) is 1. The molecule has 1 aliphatic heterocycles. The molecule has 3 aromatic rings. The molecular weight excluding hydrogens is 474 g/mol. The number of hydrazone groups is 1. The SMILES string of the molecule is CSc1ccc(N2C(=O)/C(=N\NC3(C(=O)O)C=CC=C(c4ccccc4O)C3)c3ccccc32)cc1. The van der Waals surface area contributed by atoms with Crippen molar-refractivity contribution in [2.75, 3.05) is 11.2 Å². The quantitative estimate of drug-likeness (QED) is 0.329. The van der Waals surface area contributed by atoms with E-state index in [9.17, 15) is 19.8 Å². The lowest BCUT2D eigenvalue weighted by Crippen LogP contribution is -2.49. The van der Waals surface area contributed by atoms with Gasteiger partial charge in [-0.3, -0.25) is 15.1 Å². The van der Waals surface area contributed by atoms with Crippen molar-refractivity contribution in [2.45, 2.75) is 16.9 Å². The van der Waals surface area contributed by atoms with Gasteiger partial charge in [0, 0.05) is 28.1 Å². The van der Waals surface area contributed by atoms with Gasteiger partial charge in [0.1, 0.15) is 5.75 Å². The van der Waals surface area contributed by atoms with Crippen LogP contribution in [0.3, 0.4) is 0 Å². The molecule has 0 saturated carbocycles. The van der Waals surface area contributed by atoms with E-state index in [1.165, 1.54) is 6.08 Å². The number of fused-ring (bicyclic) bond motifs is 1. The summed E-state index contributed by atoms with van der Waals surface area (Å²) in [6.45, 7) is 0. The molecule has 7 nitrogen and oxygen atoms in total. The van der Waals surface area contributed by atoms with Gasteiger partial charge in [0.25, 0.3) is 5.91 Å². The third-order valence-corrected chi connectivity index (χ3v) is 7.03. The normalized spacial score (nSPS) is 19.8. The lowest BCUT2D eigenvalue weighted by Gasteiger charge is -2.29. The third-order valence-electron chi connectivity index (χ3n) is 6.28. The van der Waals surface area contributed by atoms with Crippen LogP contribution in [0.2, 0.25) is 0 Å². The maximum Gasteiger partial charge on any atom is 0.335 e. The molecule has 0 aromatic heterocycles. The summed E-state index contributed by atoms with van der Waals surface area (Å²) < 4.78 is 0. The summed E-state index contributed by atoms with van der Waals surface area (Å²) in [5, 5.41) is 24.8. The Morgan fingerprint density at radius 2 is 1.72 bits per heavy atom. The number of hydrogen-bond acceptors (Lipinski definition) is 6. The number of para-hydroxylation sites is 2. The number of carboxylic acid groups (broad SMARTS) is 1. The number of phenols is 1. The molecule has 3 N–H and O–H groups in total. The first-order chi connectivity index (χ1) is 17.4. The number of aromatic hydroxyl groups is 1. The Labute approximate surface area is 212 Å². The number of anilines is 2. The molecule has 2 aliphatic rings. The third kappa shape index (κ3) is 4.05. The number of carbonyl (C=O) groups is 2. The average Bonchev–Trinajstić information content (AvgIpc) is 3.18. The van der Waals surface area contributed by atoms with Crippen molar-refractivity contribution < 1.29 is 19.8 Å². The van der Waals surface area contributed by atoms with Gasteiger partial charge < -0.3 is 10.2 Å². The lowest BCUT2D eigenvalue weighted by atomic mass is 9.84. The zero-order chi connectivity index (χ0) is 25.3. The minimum atomic E-state index is -1.60. The number of allylic oxidation sites excluding steroid dienone is 2. The minimum absolute atomic E-state index is 0.0306. The molecule has 0 radical (unpaired) electrons. The largest absolute Gasteiger partial charge is 0.507 e. The Kier molecular flexibility index (Phi) is 6.12. The molecule has 1 unspecified atom stereocenters. The number of amides is 1. The van der Waals surface area contributed by atoms with Crippen molar-refractivity contribution in [2.24, 2.45) is 5.10 Å². The Bertz CT molecular complexity index is 1450. The van der Waals surface area contributed by atoms with E-state index in [2.05, 4.69) is 10.5 Å². The smallest absolute Gasteiger partial charge is 0.335 e. The topological polar surface area (TPSA) is 102 Å². The number of nitrogens with zero attached hydrogens (tertiary/aromatic N) is 2. The molecule has 0 saturated heterocycles. The average molecular weight is 498 g/mol. The fourth-order valence-electron chi connectivity index (χ4n) is 4.40. The Morgan fingerprint density at radius 1 is 1.03 bits per heavy atom. The van der Waals surface area contributed by atoms with Crippen molar-refractivity contribution >= 4 is 46.3 Å². The standard InChI is InChI=1S/C28H23N3O4S/c1-36-20-14-12-19(13-15-20)31-23-10-4-2-9-22(23)25(26(31)33)29-30-28(27(34)35)16-6-7-18(17-28)21-8-3-5-11-24(21)32/h2-16,30,32H,17H2,1H3,(H,34,35)/b29-25-. The van der Waals surface area contributed by atoms with E-state index in [1.54, 1.807) is 59.1 Å². The molecule has 0 bridgehead atoms. The van der Waals surface area contributed by atoms with Gasteiger partial charge in [0.2, 0.25) is 0 Å². The molecule has 180 valence electrons. The molecule has 3 aromatic carbocycles. The molecule has 1 atom stereocenters. The van der Waals surface area contributed by atoms with E-state index in [0.29, 0.717) is 28.1 Å². The predicted molar refractivity (Wildman–Crippen MR) is 142 cm³/mol. The lowest BCUT2D eigenvalue weighted by molar-refractivity contribution is -0.142. The van der Waals surface area contributed by atoms with E-state index in [1.807, 2.05) is 48.7 Å². The highest BCUT2D eigenvalue weighted by Crippen LogP contribution is 2.37. The maximum absolute atomic E-state index is 13.5. The van der Waals surface area contributed by atoms with Crippen molar-refractivity contribution in [3.63, 3.8) is 0 Å². The van der Waals surface area contributed by atoms with E-state index in [-0.39, 0.29) is 23.8 Å². The van der Waals surface area contributed by atoms with Gasteiger partial charge in [-0.05, 0) is 54.3 Å². The number of aliphatic carboxylic acids is 1. The van der Waals surface area contributed by atoms with Gasteiger partial charge in [0.15, 0.2) is 11.3 Å². The van der Waals surface area contributed by atoms with Crippen LogP contribution in [0.25, 0.3) is 5.57 Å². The molecule has 1 aliphatic carbocycles. The summed E-state index contributed by atoms with van der Waals surface area (Å²) >= 11 is 1.61. The summed E-state index contributed by atoms with van der Waals surface area (Å²) in [6, 6.07) is 21.7. The van der Waals surface area contributed by atoms with Crippen LogP contribution in [-0.4, -0.2) is 39.6 Å². The zero-order valence-electron chi connectivity index (χ0n) is 19.4. The van der Waals surface area contributed by atoms with Crippen LogP contribution in [0.1, 0.15) is 17.5 Å². The minimum Gasteiger partial charge on any atom is -0.507 e. The highest BCUT2D eigenvalue weighted by molar-refractivity contribution is 7.98. The van der Waals surface area contributed by atoms with Gasteiger partial charge >= 0.3 is 5.97 Å². The van der Waals surface area contributed by atoms with E-state index < -0.39 is 11.5 Å². The highest BCUT2D eigenvalue weighted by Gasteiger charge is 2.41. The maximum atomic E-state index is 13.5. The fraction of sp³-hybridized carbons (Fsp3) is 0.107. The van der Waals surface area contributed by atoms with Crippen molar-refractivity contribution in [1.29, 1.82) is 0 Å². The van der Waals surface area contributed by atoms with Crippen LogP contribution in [0.4, 0.5) is 11.4 Å². The van der Waals surface area contributed by atoms with E-state index in [4.69, 9.17) is 0 Å². The molecule has 5 rings (SSSR count). The number of thioether (sulfide) groups is 1. The first kappa shape index (κ1) is 23.4. The van der Waals surface area contributed by atoms with Crippen molar-refractivity contribution in [3.05, 3.63) is 102 Å². The Morgan fingerprint density at radius 3 is 2.42 bits per heavy atom. The van der Waals surface area contributed by atoms with Gasteiger partial charge in [-0.2, -0.15) is 5.10 Å². The summed E-state index contributed by atoms with van der Waals surface area (Å²) in [5.41, 5.74) is 4.50. The number of carboxylic acids is 1. The van der Waals surface area contributed by atoms with Gasteiger partial charge in [-0.15, -0.1) is 11.8 Å². The summed E-state index contributed by atoms with van der Waals surface area (Å²) in [6.07, 6.45) is 6.91. The number of rotatable bonds is 6. The monoisotopic (exact) mass is 497 g/mol. The van der Waals surface area contributed by atoms with Gasteiger partial charge in [0.05, 0.1) is 5.69 Å². The van der Waals surface area contributed by atoms with E-state index >= 15 is 0 Å². The molecule has 36 heavy (non-hydrogen) atoms. The van der Waals surface area contributed by atoms with Crippen LogP contribution < -0.4 is 10.3 Å². The molecule has 1 heterocycles. The molecule has 0 fully saturated rings. The highest BCUT2D eigenvalue weighted by atomic mass is 32.2. The summed E-state index contributed by atoms with van der Waals surface area (Å²) in [7, 11) is 0. The zero-order valence-corrected chi connectivity index (χ0v) is 20.2. The summed E-state index contributed by atoms with van der Waals surface area (Å²) in [4.78, 5) is 28.6. The van der Waals surface area contributed by atoms with Crippen LogP contribution in [0.5, 0.6) is 5.75 Å². The number of phenolic OH excluding ortho intramolecular Hbond substituents is 1. The second-order valence-electron chi connectivity index (χ2n) is 8.45. The summed E-state index contributed by atoms with van der Waals surface area (Å²) in [5.74, 6) is -1.43.